The molecule has 1 aliphatic heterocycles. The van der Waals surface area contributed by atoms with Crippen molar-refractivity contribution < 1.29 is 38.8 Å². The summed E-state index contributed by atoms with van der Waals surface area (Å²) in [6.07, 6.45) is 1.67. The number of allylic oxidation sites excluding steroid dienone is 1. The van der Waals surface area contributed by atoms with Crippen LogP contribution in [0.1, 0.15) is 40.0 Å². The van der Waals surface area contributed by atoms with Gasteiger partial charge >= 0.3 is 17.9 Å². The maximum Gasteiger partial charge on any atom is 0.334 e. The van der Waals surface area contributed by atoms with Crippen molar-refractivity contribution >= 4 is 17.9 Å². The Bertz CT molecular complexity index is 750. The van der Waals surface area contributed by atoms with Gasteiger partial charge < -0.3 is 24.4 Å². The van der Waals surface area contributed by atoms with Crippen LogP contribution < -0.4 is 0 Å². The normalized spacial score (nSPS) is 31.4. The third kappa shape index (κ3) is 5.37. The molecule has 30 heavy (non-hydrogen) atoms. The van der Waals surface area contributed by atoms with E-state index in [1.165, 1.54) is 6.92 Å². The van der Waals surface area contributed by atoms with E-state index in [2.05, 4.69) is 6.58 Å². The van der Waals surface area contributed by atoms with Gasteiger partial charge in [0, 0.05) is 12.5 Å². The molecule has 8 nitrogen and oxygen atoms in total. The molecule has 5 atom stereocenters. The largest absolute Gasteiger partial charge is 0.457 e. The van der Waals surface area contributed by atoms with Crippen LogP contribution in [0.3, 0.4) is 0 Å². The maximum absolute atomic E-state index is 12.7. The van der Waals surface area contributed by atoms with E-state index < -0.39 is 54.7 Å². The summed E-state index contributed by atoms with van der Waals surface area (Å²) in [5.74, 6) is -3.07. The standard InChI is InChI=1S/C22H30O8/c1-5-12(2)21(26)30-20-18-13(3)22(27)29-17(18)9-15(10-23)7-6-8-16(11-24)19(20)28-14(4)25/h8-9,12,17-20,23-24H,3,5-7,10-11H2,1-2,4H3/b15-9+,16-8-/t12-,17+,18+,19-,20+/m0/s1. The van der Waals surface area contributed by atoms with Gasteiger partial charge in [0.15, 0.2) is 12.2 Å². The number of ether oxygens (including phenoxy) is 3. The molecule has 166 valence electrons. The average molecular weight is 422 g/mol. The molecule has 1 saturated heterocycles. The number of fused-ring (bicyclic) bond motifs is 1. The number of aliphatic hydroxyl groups excluding tert-OH is 2. The highest BCUT2D eigenvalue weighted by Crippen LogP contribution is 2.37. The Labute approximate surface area is 176 Å². The van der Waals surface area contributed by atoms with Crippen LogP contribution in [0.5, 0.6) is 0 Å². The number of aliphatic hydroxyl groups is 2. The highest BCUT2D eigenvalue weighted by atomic mass is 16.6. The van der Waals surface area contributed by atoms with Gasteiger partial charge in [-0.3, -0.25) is 9.59 Å². The molecule has 0 bridgehead atoms. The lowest BCUT2D eigenvalue weighted by atomic mass is 9.83. The molecule has 0 spiro atoms. The van der Waals surface area contributed by atoms with Gasteiger partial charge in [0.1, 0.15) is 6.10 Å². The molecule has 1 aliphatic carbocycles. The van der Waals surface area contributed by atoms with Gasteiger partial charge in [-0.2, -0.15) is 0 Å². The van der Waals surface area contributed by atoms with E-state index in [1.807, 2.05) is 6.92 Å². The van der Waals surface area contributed by atoms with Crippen LogP contribution in [0.25, 0.3) is 0 Å². The van der Waals surface area contributed by atoms with Gasteiger partial charge in [0.25, 0.3) is 0 Å². The molecule has 0 unspecified atom stereocenters. The van der Waals surface area contributed by atoms with Gasteiger partial charge in [-0.05, 0) is 36.5 Å². The average Bonchev–Trinajstić information content (AvgIpc) is 2.99. The Morgan fingerprint density at radius 1 is 1.30 bits per heavy atom. The first-order chi connectivity index (χ1) is 14.2. The highest BCUT2D eigenvalue weighted by Gasteiger charge is 2.49. The van der Waals surface area contributed by atoms with Crippen LogP contribution in [-0.2, 0) is 28.6 Å². The fraction of sp³-hybridized carbons (Fsp3) is 0.591. The number of carbonyl (C=O) groups excluding carboxylic acids is 3. The molecule has 0 aromatic rings. The number of carbonyl (C=O) groups is 3. The van der Waals surface area contributed by atoms with Crippen molar-refractivity contribution in [2.45, 2.75) is 58.3 Å². The fourth-order valence-corrected chi connectivity index (χ4v) is 3.56. The Morgan fingerprint density at radius 2 is 2.00 bits per heavy atom. The van der Waals surface area contributed by atoms with Gasteiger partial charge in [-0.25, -0.2) is 4.79 Å². The minimum absolute atomic E-state index is 0.0745. The predicted molar refractivity (Wildman–Crippen MR) is 107 cm³/mol. The summed E-state index contributed by atoms with van der Waals surface area (Å²) in [7, 11) is 0. The SMILES string of the molecule is C=C1C(=O)O[C@@H]2/C=C(/CO)CC/C=C(/CO)[C@H](OC(C)=O)[C@H](OC(=O)[C@@H](C)CC)[C@H]12. The molecule has 1 heterocycles. The number of esters is 3. The summed E-state index contributed by atoms with van der Waals surface area (Å²) in [6.45, 7) is 7.89. The minimum atomic E-state index is -1.13. The summed E-state index contributed by atoms with van der Waals surface area (Å²) in [5.41, 5.74) is 1.06. The molecule has 2 rings (SSSR count). The van der Waals surface area contributed by atoms with Crippen LogP contribution >= 0.6 is 0 Å². The third-order valence-corrected chi connectivity index (χ3v) is 5.50. The first-order valence-electron chi connectivity index (χ1n) is 10.1. The monoisotopic (exact) mass is 422 g/mol. The molecule has 2 N–H and O–H groups in total. The number of hydrogen-bond donors (Lipinski definition) is 2. The van der Waals surface area contributed by atoms with E-state index in [1.54, 1.807) is 19.1 Å². The quantitative estimate of drug-likeness (QED) is 0.287. The summed E-state index contributed by atoms with van der Waals surface area (Å²) >= 11 is 0. The maximum atomic E-state index is 12.7. The van der Waals surface area contributed by atoms with Crippen LogP contribution in [0.2, 0.25) is 0 Å². The van der Waals surface area contributed by atoms with Gasteiger partial charge in [0.2, 0.25) is 0 Å². The third-order valence-electron chi connectivity index (χ3n) is 5.50. The molecule has 8 heteroatoms. The van der Waals surface area contributed by atoms with E-state index in [0.717, 1.165) is 0 Å². The van der Waals surface area contributed by atoms with Crippen molar-refractivity contribution in [1.82, 2.24) is 0 Å². The van der Waals surface area contributed by atoms with Crippen molar-refractivity contribution in [3.63, 3.8) is 0 Å². The first kappa shape index (κ1) is 23.8. The van der Waals surface area contributed by atoms with Crippen molar-refractivity contribution in [2.24, 2.45) is 11.8 Å². The van der Waals surface area contributed by atoms with E-state index >= 15 is 0 Å². The highest BCUT2D eigenvalue weighted by molar-refractivity contribution is 5.91. The second-order valence-electron chi connectivity index (χ2n) is 7.62. The molecule has 0 amide bonds. The Balaban J connectivity index is 2.61. The molecule has 2 aliphatic rings. The van der Waals surface area contributed by atoms with Crippen LogP contribution in [0, 0.1) is 11.8 Å². The van der Waals surface area contributed by atoms with Crippen LogP contribution in [0.15, 0.2) is 35.5 Å². The topological polar surface area (TPSA) is 119 Å². The zero-order chi connectivity index (χ0) is 22.4. The fourth-order valence-electron chi connectivity index (χ4n) is 3.56. The van der Waals surface area contributed by atoms with Crippen molar-refractivity contribution in [1.29, 1.82) is 0 Å². The Hall–Kier alpha value is -2.45. The number of rotatable bonds is 6. The van der Waals surface area contributed by atoms with Crippen molar-refractivity contribution in [2.75, 3.05) is 13.2 Å². The Kier molecular flexibility index (Phi) is 8.37. The molecular formula is C22H30O8. The smallest absolute Gasteiger partial charge is 0.334 e. The van der Waals surface area contributed by atoms with Crippen LogP contribution in [-0.4, -0.2) is 59.6 Å². The molecule has 0 aromatic heterocycles. The van der Waals surface area contributed by atoms with Crippen molar-refractivity contribution in [3.8, 4) is 0 Å². The van der Waals surface area contributed by atoms with E-state index in [-0.39, 0.29) is 12.2 Å². The second-order valence-corrected chi connectivity index (χ2v) is 7.62. The predicted octanol–water partition coefficient (Wildman–Crippen LogP) is 1.60. The lowest BCUT2D eigenvalue weighted by Crippen LogP contribution is -2.46. The summed E-state index contributed by atoms with van der Waals surface area (Å²) < 4.78 is 16.7. The van der Waals surface area contributed by atoms with Gasteiger partial charge in [0.05, 0.1) is 25.0 Å². The van der Waals surface area contributed by atoms with E-state index in [4.69, 9.17) is 14.2 Å². The zero-order valence-corrected chi connectivity index (χ0v) is 17.6. The minimum Gasteiger partial charge on any atom is -0.457 e. The lowest BCUT2D eigenvalue weighted by molar-refractivity contribution is -0.171. The first-order valence-corrected chi connectivity index (χ1v) is 10.1. The summed E-state index contributed by atoms with van der Waals surface area (Å²) in [5, 5.41) is 19.6. The van der Waals surface area contributed by atoms with Gasteiger partial charge in [-0.1, -0.05) is 26.5 Å². The second kappa shape index (κ2) is 10.5. The molecule has 0 radical (unpaired) electrons. The molecule has 1 fully saturated rings. The molecule has 0 saturated carbocycles. The number of hydrogen-bond acceptors (Lipinski definition) is 8. The zero-order valence-electron chi connectivity index (χ0n) is 17.6. The van der Waals surface area contributed by atoms with Gasteiger partial charge in [-0.15, -0.1) is 0 Å². The molecule has 0 aromatic carbocycles. The van der Waals surface area contributed by atoms with Crippen LogP contribution in [0.4, 0.5) is 0 Å². The van der Waals surface area contributed by atoms with Crippen molar-refractivity contribution in [3.05, 3.63) is 35.5 Å². The van der Waals surface area contributed by atoms with E-state index in [0.29, 0.717) is 30.4 Å². The summed E-state index contributed by atoms with van der Waals surface area (Å²) in [6, 6.07) is 0. The Morgan fingerprint density at radius 3 is 2.57 bits per heavy atom. The van der Waals surface area contributed by atoms with E-state index in [9.17, 15) is 24.6 Å². The summed E-state index contributed by atoms with van der Waals surface area (Å²) in [4.78, 5) is 36.8. The lowest BCUT2D eigenvalue weighted by Gasteiger charge is -2.34. The molecular weight excluding hydrogens is 392 g/mol.